The Morgan fingerprint density at radius 3 is 2.61 bits per heavy atom. The van der Waals surface area contributed by atoms with Crippen LogP contribution in [0, 0.1) is 22.2 Å². The molecular weight excluding hydrogens is 288 g/mol. The van der Waals surface area contributed by atoms with Crippen LogP contribution in [-0.2, 0) is 14.3 Å². The molecule has 2 saturated carbocycles. The number of fused-ring (bicyclic) bond motifs is 4. The zero-order valence-electron chi connectivity index (χ0n) is 14.6. The molecule has 3 aliphatic carbocycles. The van der Waals surface area contributed by atoms with Crippen LogP contribution >= 0.6 is 0 Å². The average Bonchev–Trinajstić information content (AvgIpc) is 2.84. The van der Waals surface area contributed by atoms with E-state index < -0.39 is 5.41 Å². The third kappa shape index (κ3) is 1.71. The second kappa shape index (κ2) is 4.37. The molecule has 3 nitrogen and oxygen atoms in total. The fraction of sp³-hybridized carbons (Fsp3) is 0.700. The molecular formula is C20H26O3. The Balaban J connectivity index is 1.87. The standard InChI is InChI=1S/C20H26O3/c1-18(2)8-5-9-19(3)14-7-6-12-13(11-23-17(12)22)20(14,4)16(21)10-15(18)19/h7,15H,5-6,8-11H2,1-4H3/t15-,19+,20-/m0/s1. The van der Waals surface area contributed by atoms with Crippen molar-refractivity contribution in [2.45, 2.75) is 59.8 Å². The van der Waals surface area contributed by atoms with Gasteiger partial charge in [-0.3, -0.25) is 4.79 Å². The van der Waals surface area contributed by atoms with Gasteiger partial charge in [0.1, 0.15) is 12.4 Å². The van der Waals surface area contributed by atoms with Crippen molar-refractivity contribution in [1.29, 1.82) is 0 Å². The number of cyclic esters (lactones) is 1. The quantitative estimate of drug-likeness (QED) is 0.502. The zero-order chi connectivity index (χ0) is 16.6. The van der Waals surface area contributed by atoms with Crippen molar-refractivity contribution in [2.24, 2.45) is 22.2 Å². The minimum atomic E-state index is -0.613. The Bertz CT molecular complexity index is 681. The summed E-state index contributed by atoms with van der Waals surface area (Å²) in [5, 5.41) is 0. The Labute approximate surface area is 138 Å². The molecule has 0 aromatic carbocycles. The number of ether oxygens (including phenoxy) is 1. The number of ketones is 1. The van der Waals surface area contributed by atoms with Gasteiger partial charge in [-0.2, -0.15) is 0 Å². The summed E-state index contributed by atoms with van der Waals surface area (Å²) < 4.78 is 5.27. The van der Waals surface area contributed by atoms with Gasteiger partial charge in [0.2, 0.25) is 0 Å². The number of Topliss-reactive ketones (excluding diaryl/α,β-unsaturated/α-hetero) is 1. The maximum Gasteiger partial charge on any atom is 0.334 e. The van der Waals surface area contributed by atoms with Crippen LogP contribution in [0.1, 0.15) is 59.8 Å². The van der Waals surface area contributed by atoms with Crippen LogP contribution < -0.4 is 0 Å². The predicted molar refractivity (Wildman–Crippen MR) is 87.6 cm³/mol. The zero-order valence-corrected chi connectivity index (χ0v) is 14.6. The van der Waals surface area contributed by atoms with Crippen molar-refractivity contribution in [3.8, 4) is 0 Å². The summed E-state index contributed by atoms with van der Waals surface area (Å²) in [6.07, 6.45) is 7.00. The molecule has 23 heavy (non-hydrogen) atoms. The summed E-state index contributed by atoms with van der Waals surface area (Å²) in [5.74, 6) is 0.461. The molecule has 0 aromatic heterocycles. The molecule has 3 atom stereocenters. The lowest BCUT2D eigenvalue weighted by molar-refractivity contribution is -0.137. The predicted octanol–water partition coefficient (Wildman–Crippen LogP) is 3.98. The molecule has 4 rings (SSSR count). The van der Waals surface area contributed by atoms with E-state index in [0.29, 0.717) is 25.4 Å². The Morgan fingerprint density at radius 2 is 1.87 bits per heavy atom. The van der Waals surface area contributed by atoms with Gasteiger partial charge < -0.3 is 4.74 Å². The largest absolute Gasteiger partial charge is 0.458 e. The number of hydrogen-bond acceptors (Lipinski definition) is 3. The van der Waals surface area contributed by atoms with Gasteiger partial charge in [0.15, 0.2) is 0 Å². The molecule has 2 fully saturated rings. The molecule has 1 aliphatic heterocycles. The average molecular weight is 314 g/mol. The van der Waals surface area contributed by atoms with Crippen LogP contribution in [0.25, 0.3) is 0 Å². The van der Waals surface area contributed by atoms with Gasteiger partial charge >= 0.3 is 5.97 Å². The maximum absolute atomic E-state index is 13.2. The Morgan fingerprint density at radius 1 is 1.13 bits per heavy atom. The van der Waals surface area contributed by atoms with Crippen molar-refractivity contribution in [3.05, 3.63) is 22.8 Å². The van der Waals surface area contributed by atoms with E-state index in [1.807, 2.05) is 6.92 Å². The molecule has 0 saturated heterocycles. The second-order valence-electron chi connectivity index (χ2n) is 8.92. The summed E-state index contributed by atoms with van der Waals surface area (Å²) in [6, 6.07) is 0. The van der Waals surface area contributed by atoms with Gasteiger partial charge in [-0.1, -0.05) is 38.8 Å². The third-order valence-electron chi connectivity index (χ3n) is 7.40. The lowest BCUT2D eigenvalue weighted by Gasteiger charge is -2.59. The molecule has 124 valence electrons. The van der Waals surface area contributed by atoms with Gasteiger partial charge in [0.25, 0.3) is 0 Å². The van der Waals surface area contributed by atoms with E-state index in [1.54, 1.807) is 0 Å². The topological polar surface area (TPSA) is 43.4 Å². The minimum absolute atomic E-state index is 0.0641. The summed E-state index contributed by atoms with van der Waals surface area (Å²) >= 11 is 0. The molecule has 0 amide bonds. The molecule has 1 heterocycles. The molecule has 0 N–H and O–H groups in total. The van der Waals surface area contributed by atoms with Crippen molar-refractivity contribution in [2.75, 3.05) is 6.61 Å². The number of carbonyl (C=O) groups is 2. The highest BCUT2D eigenvalue weighted by Gasteiger charge is 2.61. The van der Waals surface area contributed by atoms with Crippen LogP contribution in [0.3, 0.4) is 0 Å². The lowest BCUT2D eigenvalue weighted by Crippen LogP contribution is -2.55. The van der Waals surface area contributed by atoms with Crippen molar-refractivity contribution < 1.29 is 14.3 Å². The van der Waals surface area contributed by atoms with Crippen molar-refractivity contribution in [3.63, 3.8) is 0 Å². The molecule has 0 unspecified atom stereocenters. The van der Waals surface area contributed by atoms with E-state index in [4.69, 9.17) is 4.74 Å². The van der Waals surface area contributed by atoms with E-state index in [2.05, 4.69) is 26.8 Å². The van der Waals surface area contributed by atoms with Gasteiger partial charge in [-0.05, 0) is 48.5 Å². The van der Waals surface area contributed by atoms with Crippen LogP contribution in [0.4, 0.5) is 0 Å². The highest BCUT2D eigenvalue weighted by molar-refractivity contribution is 6.00. The van der Waals surface area contributed by atoms with Gasteiger partial charge in [0.05, 0.1) is 5.41 Å². The fourth-order valence-electron chi connectivity index (χ4n) is 6.12. The molecule has 0 spiro atoms. The van der Waals surface area contributed by atoms with Crippen molar-refractivity contribution in [1.82, 2.24) is 0 Å². The maximum atomic E-state index is 13.2. The normalized spacial score (nSPS) is 41.7. The number of hydrogen-bond donors (Lipinski definition) is 0. The Hall–Kier alpha value is -1.38. The SMILES string of the molecule is CC1(C)CCC[C@]2(C)C3=CCC4=C(COC4=O)[C@]3(C)C(=O)C[C@@H]12. The highest BCUT2D eigenvalue weighted by atomic mass is 16.5. The summed E-state index contributed by atoms with van der Waals surface area (Å²) in [4.78, 5) is 25.2. The van der Waals surface area contributed by atoms with E-state index in [0.717, 1.165) is 17.6 Å². The fourth-order valence-corrected chi connectivity index (χ4v) is 6.12. The molecule has 0 aromatic rings. The van der Waals surface area contributed by atoms with E-state index >= 15 is 0 Å². The van der Waals surface area contributed by atoms with Gasteiger partial charge in [-0.25, -0.2) is 4.79 Å². The number of rotatable bonds is 0. The van der Waals surface area contributed by atoms with E-state index in [9.17, 15) is 9.59 Å². The third-order valence-corrected chi connectivity index (χ3v) is 7.40. The first-order valence-corrected chi connectivity index (χ1v) is 8.85. The first-order valence-electron chi connectivity index (χ1n) is 8.85. The van der Waals surface area contributed by atoms with Crippen LogP contribution in [0.5, 0.6) is 0 Å². The monoisotopic (exact) mass is 314 g/mol. The lowest BCUT2D eigenvalue weighted by atomic mass is 9.43. The smallest absolute Gasteiger partial charge is 0.334 e. The molecule has 3 heteroatoms. The summed E-state index contributed by atoms with van der Waals surface area (Å²) in [6.45, 7) is 9.35. The van der Waals surface area contributed by atoms with Crippen LogP contribution in [-0.4, -0.2) is 18.4 Å². The number of allylic oxidation sites excluding steroid dienone is 2. The number of esters is 1. The minimum Gasteiger partial charge on any atom is -0.458 e. The van der Waals surface area contributed by atoms with E-state index in [1.165, 1.54) is 18.4 Å². The van der Waals surface area contributed by atoms with Crippen LogP contribution in [0.2, 0.25) is 0 Å². The Kier molecular flexibility index (Phi) is 2.88. The first kappa shape index (κ1) is 15.2. The van der Waals surface area contributed by atoms with Gasteiger partial charge in [0, 0.05) is 12.0 Å². The van der Waals surface area contributed by atoms with Crippen molar-refractivity contribution >= 4 is 11.8 Å². The van der Waals surface area contributed by atoms with E-state index in [-0.39, 0.29) is 22.6 Å². The molecule has 4 aliphatic rings. The van der Waals surface area contributed by atoms with Gasteiger partial charge in [-0.15, -0.1) is 0 Å². The molecule has 0 bridgehead atoms. The molecule has 0 radical (unpaired) electrons. The number of carbonyl (C=O) groups excluding carboxylic acids is 2. The summed E-state index contributed by atoms with van der Waals surface area (Å²) in [7, 11) is 0. The summed E-state index contributed by atoms with van der Waals surface area (Å²) in [5.41, 5.74) is 2.61. The first-order chi connectivity index (χ1) is 10.7. The highest BCUT2D eigenvalue weighted by Crippen LogP contribution is 2.66. The second-order valence-corrected chi connectivity index (χ2v) is 8.92. The van der Waals surface area contributed by atoms with Crippen LogP contribution in [0.15, 0.2) is 22.8 Å².